The monoisotopic (exact) mass is 693 g/mol. The molecule has 4 rings (SSSR count). The highest BCUT2D eigenvalue weighted by atomic mass is 35.5. The maximum absolute atomic E-state index is 13.7. The van der Waals surface area contributed by atoms with Gasteiger partial charge < -0.3 is 29.0 Å². The first-order valence-corrected chi connectivity index (χ1v) is 16.9. The van der Waals surface area contributed by atoms with Crippen LogP contribution in [0.15, 0.2) is 78.9 Å². The third kappa shape index (κ3) is 10.7. The molecule has 0 spiro atoms. The standard InChI is InChI=1S/C39H45ClFNO7/c1-26(2)42-34-11-7-6-10-33(34)37(27-12-16-29(41)17-13-27)35(42)21-18-30(43)24-31(44)25-36(45)47-22-8-5-9-23-48-38(46)39(3,4)49-32-19-14-28(40)15-20-32/h6-7,10-21,26,30-31,43-44H,5,8-9,22-25H2,1-4H3/b21-18+/t30-,31-/m1/s1. The Morgan fingerprint density at radius 3 is 2.24 bits per heavy atom. The average molecular weight is 694 g/mol. The predicted octanol–water partition coefficient (Wildman–Crippen LogP) is 8.31. The summed E-state index contributed by atoms with van der Waals surface area (Å²) in [7, 11) is 0. The Bertz CT molecular complexity index is 1710. The number of para-hydroxylation sites is 1. The summed E-state index contributed by atoms with van der Waals surface area (Å²) in [4.78, 5) is 24.8. The summed E-state index contributed by atoms with van der Waals surface area (Å²) in [6, 6.07) is 21.1. The van der Waals surface area contributed by atoms with E-state index in [0.717, 1.165) is 27.7 Å². The molecule has 1 heterocycles. The van der Waals surface area contributed by atoms with E-state index in [1.807, 2.05) is 30.3 Å². The number of hydrogen-bond acceptors (Lipinski definition) is 7. The number of aliphatic hydroxyl groups is 2. The van der Waals surface area contributed by atoms with Gasteiger partial charge in [-0.25, -0.2) is 9.18 Å². The minimum Gasteiger partial charge on any atom is -0.476 e. The smallest absolute Gasteiger partial charge is 0.349 e. The summed E-state index contributed by atoms with van der Waals surface area (Å²) in [5, 5.41) is 22.8. The summed E-state index contributed by atoms with van der Waals surface area (Å²) in [5.74, 6) is -0.866. The molecule has 1 aromatic heterocycles. The van der Waals surface area contributed by atoms with Crippen LogP contribution in [-0.2, 0) is 19.1 Å². The molecule has 0 aliphatic heterocycles. The van der Waals surface area contributed by atoms with Crippen molar-refractivity contribution in [2.45, 2.75) is 83.6 Å². The highest BCUT2D eigenvalue weighted by Crippen LogP contribution is 2.38. The van der Waals surface area contributed by atoms with Crippen molar-refractivity contribution in [3.8, 4) is 16.9 Å². The Kier molecular flexibility index (Phi) is 13.4. The molecule has 0 bridgehead atoms. The molecular weight excluding hydrogens is 649 g/mol. The topological polar surface area (TPSA) is 107 Å². The Labute approximate surface area is 292 Å². The molecule has 49 heavy (non-hydrogen) atoms. The van der Waals surface area contributed by atoms with E-state index in [4.69, 9.17) is 25.8 Å². The maximum Gasteiger partial charge on any atom is 0.349 e. The highest BCUT2D eigenvalue weighted by molar-refractivity contribution is 6.30. The number of carbonyl (C=O) groups is 2. The maximum atomic E-state index is 13.7. The van der Waals surface area contributed by atoms with Crippen molar-refractivity contribution in [3.05, 3.63) is 95.4 Å². The van der Waals surface area contributed by atoms with Gasteiger partial charge in [-0.2, -0.15) is 0 Å². The number of benzene rings is 3. The summed E-state index contributed by atoms with van der Waals surface area (Å²) in [6.45, 7) is 7.77. The summed E-state index contributed by atoms with van der Waals surface area (Å²) in [6.07, 6.45) is 2.81. The number of carbonyl (C=O) groups excluding carboxylic acids is 2. The second kappa shape index (κ2) is 17.5. The van der Waals surface area contributed by atoms with E-state index in [9.17, 15) is 24.2 Å². The summed E-state index contributed by atoms with van der Waals surface area (Å²) in [5.41, 5.74) is 2.45. The molecular formula is C39H45ClFNO7. The van der Waals surface area contributed by atoms with Crippen LogP contribution in [0.2, 0.25) is 5.02 Å². The van der Waals surface area contributed by atoms with Gasteiger partial charge in [0.25, 0.3) is 0 Å². The van der Waals surface area contributed by atoms with Gasteiger partial charge in [0.1, 0.15) is 11.6 Å². The fraction of sp³-hybridized carbons (Fsp3) is 0.385. The highest BCUT2D eigenvalue weighted by Gasteiger charge is 2.31. The summed E-state index contributed by atoms with van der Waals surface area (Å²) < 4.78 is 32.3. The lowest BCUT2D eigenvalue weighted by Gasteiger charge is -2.24. The van der Waals surface area contributed by atoms with E-state index in [0.29, 0.717) is 30.0 Å². The van der Waals surface area contributed by atoms with Crippen LogP contribution in [0.1, 0.15) is 71.5 Å². The van der Waals surface area contributed by atoms with Crippen LogP contribution < -0.4 is 4.74 Å². The molecule has 3 aromatic carbocycles. The SMILES string of the molecule is CC(C)n1c(/C=C/[C@@H](O)C[C@@H](O)CC(=O)OCCCCCOC(=O)C(C)(C)Oc2ccc(Cl)cc2)c(-c2ccc(F)cc2)c2ccccc21. The Balaban J connectivity index is 1.21. The van der Waals surface area contributed by atoms with Gasteiger partial charge in [0.05, 0.1) is 31.8 Å². The Morgan fingerprint density at radius 2 is 1.57 bits per heavy atom. The van der Waals surface area contributed by atoms with Gasteiger partial charge in [-0.1, -0.05) is 48.0 Å². The third-order valence-electron chi connectivity index (χ3n) is 7.95. The minimum atomic E-state index is -1.17. The minimum absolute atomic E-state index is 0.0527. The Hall–Kier alpha value is -4.18. The van der Waals surface area contributed by atoms with Gasteiger partial charge in [-0.05, 0) is 101 Å². The number of rotatable bonds is 17. The molecule has 2 N–H and O–H groups in total. The average Bonchev–Trinajstić information content (AvgIpc) is 3.39. The molecule has 0 fully saturated rings. The number of ether oxygens (including phenoxy) is 3. The molecule has 10 heteroatoms. The third-order valence-corrected chi connectivity index (χ3v) is 8.21. The zero-order valence-corrected chi connectivity index (χ0v) is 29.2. The molecule has 262 valence electrons. The van der Waals surface area contributed by atoms with E-state index >= 15 is 0 Å². The fourth-order valence-corrected chi connectivity index (χ4v) is 5.69. The second-order valence-corrected chi connectivity index (χ2v) is 13.2. The van der Waals surface area contributed by atoms with Crippen molar-refractivity contribution in [1.29, 1.82) is 0 Å². The van der Waals surface area contributed by atoms with Crippen molar-refractivity contribution in [2.24, 2.45) is 0 Å². The number of fused-ring (bicyclic) bond motifs is 1. The molecule has 4 aromatic rings. The van der Waals surface area contributed by atoms with Crippen molar-refractivity contribution < 1.29 is 38.4 Å². The summed E-state index contributed by atoms with van der Waals surface area (Å²) >= 11 is 5.89. The quantitative estimate of drug-likeness (QED) is 0.0846. The molecule has 0 amide bonds. The lowest BCUT2D eigenvalue weighted by Crippen LogP contribution is -2.39. The van der Waals surface area contributed by atoms with Gasteiger partial charge in [-0.3, -0.25) is 4.79 Å². The first-order valence-electron chi connectivity index (χ1n) is 16.6. The number of unbranched alkanes of at least 4 members (excludes halogenated alkanes) is 2. The number of aliphatic hydroxyl groups excluding tert-OH is 2. The zero-order valence-electron chi connectivity index (χ0n) is 28.4. The van der Waals surface area contributed by atoms with Crippen molar-refractivity contribution >= 4 is 40.5 Å². The largest absolute Gasteiger partial charge is 0.476 e. The van der Waals surface area contributed by atoms with Crippen LogP contribution in [-0.4, -0.2) is 57.7 Å². The van der Waals surface area contributed by atoms with Crippen molar-refractivity contribution in [1.82, 2.24) is 4.57 Å². The van der Waals surface area contributed by atoms with Gasteiger partial charge in [0.2, 0.25) is 0 Å². The first-order chi connectivity index (χ1) is 23.4. The zero-order chi connectivity index (χ0) is 35.6. The molecule has 0 saturated heterocycles. The van der Waals surface area contributed by atoms with Crippen molar-refractivity contribution in [3.63, 3.8) is 0 Å². The second-order valence-electron chi connectivity index (χ2n) is 12.8. The van der Waals surface area contributed by atoms with Crippen LogP contribution in [0.25, 0.3) is 28.1 Å². The molecule has 0 aliphatic rings. The van der Waals surface area contributed by atoms with Gasteiger partial charge in [0.15, 0.2) is 5.60 Å². The number of esters is 2. The van der Waals surface area contributed by atoms with Gasteiger partial charge in [-0.15, -0.1) is 0 Å². The van der Waals surface area contributed by atoms with Crippen LogP contribution in [0.5, 0.6) is 5.75 Å². The van der Waals surface area contributed by atoms with Crippen molar-refractivity contribution in [2.75, 3.05) is 13.2 Å². The molecule has 0 unspecified atom stereocenters. The molecule has 0 aliphatic carbocycles. The van der Waals surface area contributed by atoms with Gasteiger partial charge in [0, 0.05) is 39.6 Å². The molecule has 0 saturated carbocycles. The van der Waals surface area contributed by atoms with E-state index < -0.39 is 29.7 Å². The lowest BCUT2D eigenvalue weighted by molar-refractivity contribution is -0.159. The Morgan fingerprint density at radius 1 is 0.918 bits per heavy atom. The van der Waals surface area contributed by atoms with E-state index in [1.165, 1.54) is 12.1 Å². The predicted molar refractivity (Wildman–Crippen MR) is 190 cm³/mol. The van der Waals surface area contributed by atoms with E-state index in [2.05, 4.69) is 18.4 Å². The first kappa shape index (κ1) is 37.6. The number of halogens is 2. The fourth-order valence-electron chi connectivity index (χ4n) is 5.56. The molecule has 2 atom stereocenters. The molecule has 8 nitrogen and oxygen atoms in total. The molecule has 0 radical (unpaired) electrons. The van der Waals surface area contributed by atoms with Crippen LogP contribution in [0.4, 0.5) is 4.39 Å². The number of hydrogen-bond donors (Lipinski definition) is 2. The van der Waals surface area contributed by atoms with Crippen LogP contribution >= 0.6 is 11.6 Å². The van der Waals surface area contributed by atoms with Gasteiger partial charge >= 0.3 is 11.9 Å². The van der Waals surface area contributed by atoms with E-state index in [1.54, 1.807) is 56.3 Å². The number of nitrogens with zero attached hydrogens (tertiary/aromatic N) is 1. The normalized spacial score (nSPS) is 13.2. The van der Waals surface area contributed by atoms with Crippen LogP contribution in [0.3, 0.4) is 0 Å². The van der Waals surface area contributed by atoms with E-state index in [-0.39, 0.29) is 37.9 Å². The lowest BCUT2D eigenvalue weighted by atomic mass is 10.0. The number of aromatic nitrogens is 1. The van der Waals surface area contributed by atoms with Crippen LogP contribution in [0, 0.1) is 5.82 Å².